The fraction of sp³-hybridized carbons (Fsp3) is 0.571. The molecule has 29 heavy (non-hydrogen) atoms. The molecule has 0 radical (unpaired) electrons. The molecule has 0 saturated heterocycles. The molecule has 8 heteroatoms. The van der Waals surface area contributed by atoms with Gasteiger partial charge in [-0.25, -0.2) is 9.97 Å². The maximum atomic E-state index is 5.22. The van der Waals surface area contributed by atoms with E-state index in [4.69, 9.17) is 9.72 Å². The van der Waals surface area contributed by atoms with Crippen molar-refractivity contribution in [3.05, 3.63) is 36.5 Å². The van der Waals surface area contributed by atoms with Gasteiger partial charge in [-0.3, -0.25) is 0 Å². The first-order chi connectivity index (χ1) is 14.1. The molecule has 4 fully saturated rings. The third kappa shape index (κ3) is 2.47. The molecule has 3 aromatic rings. The molecule has 7 rings (SSSR count). The maximum Gasteiger partial charge on any atom is 0.212 e. The zero-order valence-corrected chi connectivity index (χ0v) is 16.8. The summed E-state index contributed by atoms with van der Waals surface area (Å²) in [7, 11) is 1.64. The second-order valence-corrected chi connectivity index (χ2v) is 9.25. The number of tetrazole rings is 1. The molecule has 4 aliphatic rings. The van der Waals surface area contributed by atoms with Crippen molar-refractivity contribution in [3.8, 4) is 17.3 Å². The number of rotatable bonds is 4. The lowest BCUT2D eigenvalue weighted by molar-refractivity contribution is -0.103. The topological polar surface area (TPSA) is 83.5 Å². The van der Waals surface area contributed by atoms with Gasteiger partial charge >= 0.3 is 0 Å². The van der Waals surface area contributed by atoms with Crippen molar-refractivity contribution in [1.82, 2.24) is 34.7 Å². The van der Waals surface area contributed by atoms with E-state index in [1.54, 1.807) is 7.11 Å². The lowest BCUT2D eigenvalue weighted by Crippen LogP contribution is -2.60. The Hall–Kier alpha value is -2.77. The first kappa shape index (κ1) is 17.1. The number of hydrogen-bond donors (Lipinski definition) is 0. The number of aryl methyl sites for hydroxylation is 1. The molecule has 2 atom stereocenters. The summed E-state index contributed by atoms with van der Waals surface area (Å²) in [5, 5.41) is 13.3. The van der Waals surface area contributed by atoms with Crippen LogP contribution in [0.5, 0.6) is 5.88 Å². The second-order valence-electron chi connectivity index (χ2n) is 9.25. The van der Waals surface area contributed by atoms with E-state index < -0.39 is 0 Å². The smallest absolute Gasteiger partial charge is 0.212 e. The van der Waals surface area contributed by atoms with E-state index in [2.05, 4.69) is 31.2 Å². The highest BCUT2D eigenvalue weighted by Gasteiger charge is 2.60. The Balaban J connectivity index is 1.44. The van der Waals surface area contributed by atoms with E-state index in [0.29, 0.717) is 17.7 Å². The van der Waals surface area contributed by atoms with E-state index in [1.807, 2.05) is 36.2 Å². The summed E-state index contributed by atoms with van der Waals surface area (Å²) >= 11 is 0. The number of aromatic nitrogens is 7. The molecule has 2 unspecified atom stereocenters. The van der Waals surface area contributed by atoms with Crippen molar-refractivity contribution in [3.63, 3.8) is 0 Å². The summed E-state index contributed by atoms with van der Waals surface area (Å²) in [5.41, 5.74) is 1.05. The molecule has 0 spiro atoms. The number of pyridine rings is 1. The van der Waals surface area contributed by atoms with E-state index in [1.165, 1.54) is 19.3 Å². The van der Waals surface area contributed by atoms with E-state index in [0.717, 1.165) is 36.5 Å². The Morgan fingerprint density at radius 3 is 2.52 bits per heavy atom. The van der Waals surface area contributed by atoms with Gasteiger partial charge in [-0.15, -0.1) is 10.2 Å². The quantitative estimate of drug-likeness (QED) is 0.680. The van der Waals surface area contributed by atoms with E-state index in [9.17, 15) is 0 Å². The summed E-state index contributed by atoms with van der Waals surface area (Å²) < 4.78 is 7.64. The minimum atomic E-state index is -0.0228. The highest BCUT2D eigenvalue weighted by Crippen LogP contribution is 2.63. The lowest BCUT2D eigenvalue weighted by Gasteiger charge is -2.61. The second kappa shape index (κ2) is 5.87. The van der Waals surface area contributed by atoms with Gasteiger partial charge in [0.15, 0.2) is 5.82 Å². The normalized spacial score (nSPS) is 32.6. The van der Waals surface area contributed by atoms with Crippen LogP contribution in [0.1, 0.15) is 44.3 Å². The van der Waals surface area contributed by atoms with Gasteiger partial charge < -0.3 is 9.30 Å². The number of ether oxygens (including phenoxy) is 1. The molecule has 0 aliphatic heterocycles. The fourth-order valence-electron chi connectivity index (χ4n) is 6.70. The molecule has 8 nitrogen and oxygen atoms in total. The Bertz CT molecular complexity index is 1040. The first-order valence-electron chi connectivity index (χ1n) is 10.4. The molecule has 4 aliphatic carbocycles. The summed E-state index contributed by atoms with van der Waals surface area (Å²) in [6.45, 7) is 1.92. The van der Waals surface area contributed by atoms with Crippen molar-refractivity contribution < 1.29 is 4.74 Å². The van der Waals surface area contributed by atoms with Crippen molar-refractivity contribution in [2.75, 3.05) is 7.11 Å². The zero-order chi connectivity index (χ0) is 19.6. The highest BCUT2D eigenvalue weighted by molar-refractivity contribution is 5.55. The predicted molar refractivity (Wildman–Crippen MR) is 105 cm³/mol. The molecular formula is C21H25N7O. The summed E-state index contributed by atoms with van der Waals surface area (Å²) in [4.78, 5) is 11.1. The molecule has 3 heterocycles. The Kier molecular flexibility index (Phi) is 3.47. The van der Waals surface area contributed by atoms with Crippen LogP contribution in [0.4, 0.5) is 0 Å². The van der Waals surface area contributed by atoms with E-state index >= 15 is 0 Å². The van der Waals surface area contributed by atoms with Crippen LogP contribution >= 0.6 is 0 Å². The monoisotopic (exact) mass is 391 g/mol. The molecule has 4 bridgehead atoms. The first-order valence-corrected chi connectivity index (χ1v) is 10.4. The Morgan fingerprint density at radius 2 is 1.86 bits per heavy atom. The summed E-state index contributed by atoms with van der Waals surface area (Å²) in [6, 6.07) is 3.95. The average Bonchev–Trinajstić information content (AvgIpc) is 3.37. The Morgan fingerprint density at radius 1 is 1.07 bits per heavy atom. The largest absolute Gasteiger partial charge is 0.481 e. The average molecular weight is 391 g/mol. The number of imidazole rings is 1. The third-order valence-corrected chi connectivity index (χ3v) is 7.29. The molecule has 0 aromatic carbocycles. The van der Waals surface area contributed by atoms with Crippen molar-refractivity contribution in [2.45, 2.75) is 56.5 Å². The van der Waals surface area contributed by atoms with Crippen molar-refractivity contribution >= 4 is 0 Å². The van der Waals surface area contributed by atoms with Crippen LogP contribution in [0, 0.1) is 18.8 Å². The molecule has 3 aromatic heterocycles. The van der Waals surface area contributed by atoms with Crippen LogP contribution in [0.15, 0.2) is 30.7 Å². The van der Waals surface area contributed by atoms with Crippen LogP contribution in [0.2, 0.25) is 0 Å². The van der Waals surface area contributed by atoms with Crippen LogP contribution in [-0.4, -0.2) is 41.9 Å². The van der Waals surface area contributed by atoms with Crippen LogP contribution in [-0.2, 0) is 11.1 Å². The number of hydrogen-bond acceptors (Lipinski definition) is 6. The minimum Gasteiger partial charge on any atom is -0.481 e. The van der Waals surface area contributed by atoms with Gasteiger partial charge in [0.05, 0.1) is 12.6 Å². The zero-order valence-electron chi connectivity index (χ0n) is 16.8. The lowest BCUT2D eigenvalue weighted by atomic mass is 9.50. The molecule has 0 amide bonds. The van der Waals surface area contributed by atoms with Gasteiger partial charge in [0, 0.05) is 35.8 Å². The molecule has 150 valence electrons. The SMILES string of the molecule is COc1ccc(-c2nccn2C23CC4CC(CC(n5nnc(C)n5)(C4)C2)C3)cn1. The van der Waals surface area contributed by atoms with Crippen LogP contribution in [0.3, 0.4) is 0 Å². The van der Waals surface area contributed by atoms with Gasteiger partial charge in [-0.05, 0) is 68.6 Å². The van der Waals surface area contributed by atoms with Gasteiger partial charge in [0.2, 0.25) is 5.88 Å². The fourth-order valence-corrected chi connectivity index (χ4v) is 6.70. The van der Waals surface area contributed by atoms with Crippen LogP contribution < -0.4 is 4.74 Å². The van der Waals surface area contributed by atoms with Crippen molar-refractivity contribution in [1.29, 1.82) is 0 Å². The highest BCUT2D eigenvalue weighted by atomic mass is 16.5. The Labute approximate surface area is 169 Å². The minimum absolute atomic E-state index is 0.0228. The van der Waals surface area contributed by atoms with Gasteiger partial charge in [-0.2, -0.15) is 4.80 Å². The molecule has 4 saturated carbocycles. The van der Waals surface area contributed by atoms with Gasteiger partial charge in [-0.1, -0.05) is 0 Å². The van der Waals surface area contributed by atoms with Gasteiger partial charge in [0.1, 0.15) is 5.82 Å². The molecule has 0 N–H and O–H groups in total. The van der Waals surface area contributed by atoms with E-state index in [-0.39, 0.29) is 11.1 Å². The van der Waals surface area contributed by atoms with Crippen LogP contribution in [0.25, 0.3) is 11.4 Å². The molecular weight excluding hydrogens is 366 g/mol. The van der Waals surface area contributed by atoms with Crippen molar-refractivity contribution in [2.24, 2.45) is 11.8 Å². The maximum absolute atomic E-state index is 5.22. The summed E-state index contributed by atoms with van der Waals surface area (Å²) in [6.07, 6.45) is 13.0. The predicted octanol–water partition coefficient (Wildman–Crippen LogP) is 2.95. The number of methoxy groups -OCH3 is 1. The number of nitrogens with zero attached hydrogens (tertiary/aromatic N) is 7. The standard InChI is InChI=1S/C21H25N7O/c1-14-24-26-28(25-14)21-10-15-7-16(11-21)9-20(8-15,13-21)27-6-5-22-19(27)17-3-4-18(29-2)23-12-17/h3-6,12,15-16H,7-11,13H2,1-2H3. The van der Waals surface area contributed by atoms with Gasteiger partial charge in [0.25, 0.3) is 0 Å². The third-order valence-electron chi connectivity index (χ3n) is 7.29. The summed E-state index contributed by atoms with van der Waals surface area (Å²) in [5.74, 6) is 3.76.